The van der Waals surface area contributed by atoms with Gasteiger partial charge in [-0.25, -0.2) is 4.79 Å². The Morgan fingerprint density at radius 1 is 1.29 bits per heavy atom. The number of alkyl carbamates (subject to hydrolysis) is 1. The van der Waals surface area contributed by atoms with Gasteiger partial charge in [0.1, 0.15) is 5.60 Å². The molecule has 1 spiro atoms. The summed E-state index contributed by atoms with van der Waals surface area (Å²) >= 11 is 0. The van der Waals surface area contributed by atoms with E-state index in [0.717, 1.165) is 38.3 Å². The second-order valence-electron chi connectivity index (χ2n) is 8.52. The molecule has 1 N–H and O–H groups in total. The molecule has 2 aliphatic rings. The monoisotopic (exact) mass is 340 g/mol. The number of nitrogens with one attached hydrogen (secondary N) is 1. The van der Waals surface area contributed by atoms with Crippen molar-refractivity contribution >= 4 is 6.09 Å². The smallest absolute Gasteiger partial charge is 0.407 e. The zero-order valence-electron chi connectivity index (χ0n) is 16.2. The van der Waals surface area contributed by atoms with Crippen LogP contribution in [0.3, 0.4) is 0 Å². The maximum absolute atomic E-state index is 11.9. The van der Waals surface area contributed by atoms with Crippen molar-refractivity contribution in [3.05, 3.63) is 0 Å². The summed E-state index contributed by atoms with van der Waals surface area (Å²) in [6.45, 7) is 14.2. The van der Waals surface area contributed by atoms with Crippen LogP contribution in [0.15, 0.2) is 0 Å². The van der Waals surface area contributed by atoms with E-state index in [1.165, 1.54) is 19.4 Å². The van der Waals surface area contributed by atoms with E-state index in [2.05, 4.69) is 24.1 Å². The van der Waals surface area contributed by atoms with Crippen LogP contribution in [0.2, 0.25) is 0 Å². The van der Waals surface area contributed by atoms with E-state index in [0.29, 0.717) is 6.61 Å². The Bertz CT molecular complexity index is 407. The summed E-state index contributed by atoms with van der Waals surface area (Å²) in [7, 11) is 0. The lowest BCUT2D eigenvalue weighted by atomic mass is 9.87. The fraction of sp³-hybridized carbons (Fsp3) is 0.947. The SMILES string of the molecule is CCC(CC)CN1CCC2(CC1)CC(NC(=O)OC(C)(C)C)CO2. The molecule has 1 atom stereocenters. The van der Waals surface area contributed by atoms with Crippen molar-refractivity contribution in [1.82, 2.24) is 10.2 Å². The maximum atomic E-state index is 11.9. The van der Waals surface area contributed by atoms with E-state index >= 15 is 0 Å². The summed E-state index contributed by atoms with van der Waals surface area (Å²) in [6, 6.07) is 0.0745. The second-order valence-corrected chi connectivity index (χ2v) is 8.52. The fourth-order valence-electron chi connectivity index (χ4n) is 3.81. The van der Waals surface area contributed by atoms with Crippen molar-refractivity contribution in [3.63, 3.8) is 0 Å². The van der Waals surface area contributed by atoms with Gasteiger partial charge in [0.15, 0.2) is 0 Å². The highest BCUT2D eigenvalue weighted by Crippen LogP contribution is 2.36. The number of amides is 1. The van der Waals surface area contributed by atoms with Crippen LogP contribution >= 0.6 is 0 Å². The lowest BCUT2D eigenvalue weighted by Gasteiger charge is -2.39. The number of piperidine rings is 1. The molecular formula is C19H36N2O3. The van der Waals surface area contributed by atoms with Gasteiger partial charge in [-0.1, -0.05) is 26.7 Å². The van der Waals surface area contributed by atoms with Gasteiger partial charge in [-0.15, -0.1) is 0 Å². The molecule has 140 valence electrons. The van der Waals surface area contributed by atoms with Crippen molar-refractivity contribution in [1.29, 1.82) is 0 Å². The molecule has 2 saturated heterocycles. The number of likely N-dealkylation sites (tertiary alicyclic amines) is 1. The molecule has 0 aromatic heterocycles. The molecule has 2 aliphatic heterocycles. The van der Waals surface area contributed by atoms with Gasteiger partial charge < -0.3 is 19.7 Å². The summed E-state index contributed by atoms with van der Waals surface area (Å²) in [5, 5.41) is 2.97. The molecule has 0 radical (unpaired) electrons. The number of ether oxygens (including phenoxy) is 2. The largest absolute Gasteiger partial charge is 0.444 e. The van der Waals surface area contributed by atoms with E-state index in [4.69, 9.17) is 9.47 Å². The Kier molecular flexibility index (Phi) is 6.54. The lowest BCUT2D eigenvalue weighted by Crippen LogP contribution is -2.46. The third-order valence-electron chi connectivity index (χ3n) is 5.37. The van der Waals surface area contributed by atoms with Crippen molar-refractivity contribution in [2.24, 2.45) is 5.92 Å². The van der Waals surface area contributed by atoms with E-state index in [1.54, 1.807) is 0 Å². The predicted molar refractivity (Wildman–Crippen MR) is 96.2 cm³/mol. The molecular weight excluding hydrogens is 304 g/mol. The molecule has 0 saturated carbocycles. The summed E-state index contributed by atoms with van der Waals surface area (Å²) in [5.41, 5.74) is -0.494. The molecule has 5 heteroatoms. The first kappa shape index (κ1) is 19.5. The molecule has 2 heterocycles. The second kappa shape index (κ2) is 8.05. The van der Waals surface area contributed by atoms with Crippen LogP contribution in [0.4, 0.5) is 4.79 Å². The Balaban J connectivity index is 1.76. The molecule has 0 aromatic rings. The highest BCUT2D eigenvalue weighted by atomic mass is 16.6. The van der Waals surface area contributed by atoms with Gasteiger partial charge in [-0.05, 0) is 46.0 Å². The Labute approximate surface area is 147 Å². The first-order valence-electron chi connectivity index (χ1n) is 9.61. The van der Waals surface area contributed by atoms with Crippen LogP contribution < -0.4 is 5.32 Å². The Hall–Kier alpha value is -0.810. The highest BCUT2D eigenvalue weighted by molar-refractivity contribution is 5.68. The number of rotatable bonds is 5. The molecule has 0 aromatic carbocycles. The van der Waals surface area contributed by atoms with Gasteiger partial charge >= 0.3 is 6.09 Å². The van der Waals surface area contributed by atoms with Gasteiger partial charge in [0.05, 0.1) is 18.2 Å². The standard InChI is InChI=1S/C19H36N2O3/c1-6-15(7-2)13-21-10-8-19(9-11-21)12-16(14-23-19)20-17(22)24-18(3,4)5/h15-16H,6-14H2,1-5H3,(H,20,22). The van der Waals surface area contributed by atoms with Gasteiger partial charge in [0, 0.05) is 19.6 Å². The van der Waals surface area contributed by atoms with Crippen molar-refractivity contribution in [3.8, 4) is 0 Å². The minimum Gasteiger partial charge on any atom is -0.444 e. The van der Waals surface area contributed by atoms with Crippen LogP contribution in [0.25, 0.3) is 0 Å². The van der Waals surface area contributed by atoms with E-state index in [1.807, 2.05) is 20.8 Å². The Morgan fingerprint density at radius 3 is 2.46 bits per heavy atom. The number of hydrogen-bond acceptors (Lipinski definition) is 4. The summed E-state index contributed by atoms with van der Waals surface area (Å²) < 4.78 is 11.5. The van der Waals surface area contributed by atoms with Gasteiger partial charge in [0.25, 0.3) is 0 Å². The number of carbonyl (C=O) groups excluding carboxylic acids is 1. The topological polar surface area (TPSA) is 50.8 Å². The van der Waals surface area contributed by atoms with Gasteiger partial charge in [-0.2, -0.15) is 0 Å². The third-order valence-corrected chi connectivity index (χ3v) is 5.37. The van der Waals surface area contributed by atoms with Gasteiger partial charge in [-0.3, -0.25) is 0 Å². The average molecular weight is 341 g/mol. The predicted octanol–water partition coefficient (Wildman–Crippen LogP) is 3.57. The zero-order chi connectivity index (χ0) is 17.8. The van der Waals surface area contributed by atoms with Crippen LogP contribution in [-0.2, 0) is 9.47 Å². The number of nitrogens with zero attached hydrogens (tertiary/aromatic N) is 1. The third kappa shape index (κ3) is 5.62. The van der Waals surface area contributed by atoms with Crippen molar-refractivity contribution < 1.29 is 14.3 Å². The molecule has 24 heavy (non-hydrogen) atoms. The van der Waals surface area contributed by atoms with Crippen LogP contribution in [0.5, 0.6) is 0 Å². The molecule has 1 amide bonds. The average Bonchev–Trinajstić information content (AvgIpc) is 2.87. The highest BCUT2D eigenvalue weighted by Gasteiger charge is 2.43. The maximum Gasteiger partial charge on any atom is 0.407 e. The quantitative estimate of drug-likeness (QED) is 0.831. The fourth-order valence-corrected chi connectivity index (χ4v) is 3.81. The number of carbonyl (C=O) groups is 1. The minimum atomic E-state index is -0.457. The molecule has 1 unspecified atom stereocenters. The first-order valence-corrected chi connectivity index (χ1v) is 9.61. The van der Waals surface area contributed by atoms with Gasteiger partial charge in [0.2, 0.25) is 0 Å². The molecule has 0 bridgehead atoms. The Morgan fingerprint density at radius 2 is 1.92 bits per heavy atom. The van der Waals surface area contributed by atoms with E-state index in [9.17, 15) is 4.79 Å². The van der Waals surface area contributed by atoms with Crippen LogP contribution in [0, 0.1) is 5.92 Å². The molecule has 0 aliphatic carbocycles. The minimum absolute atomic E-state index is 0.0376. The normalized spacial score (nSPS) is 24.5. The first-order chi connectivity index (χ1) is 11.3. The molecule has 2 fully saturated rings. The summed E-state index contributed by atoms with van der Waals surface area (Å²) in [5.74, 6) is 0.810. The summed E-state index contributed by atoms with van der Waals surface area (Å²) in [4.78, 5) is 14.5. The summed E-state index contributed by atoms with van der Waals surface area (Å²) in [6.07, 6.45) is 5.23. The lowest BCUT2D eigenvalue weighted by molar-refractivity contribution is -0.0458. The van der Waals surface area contributed by atoms with Crippen molar-refractivity contribution in [2.45, 2.75) is 84.0 Å². The zero-order valence-corrected chi connectivity index (χ0v) is 16.2. The molecule has 2 rings (SSSR count). The van der Waals surface area contributed by atoms with Crippen LogP contribution in [0.1, 0.15) is 66.7 Å². The number of hydrogen-bond donors (Lipinski definition) is 1. The van der Waals surface area contributed by atoms with Crippen molar-refractivity contribution in [2.75, 3.05) is 26.2 Å². The van der Waals surface area contributed by atoms with Crippen LogP contribution in [-0.4, -0.2) is 54.5 Å². The van der Waals surface area contributed by atoms with E-state index < -0.39 is 5.60 Å². The van der Waals surface area contributed by atoms with E-state index in [-0.39, 0.29) is 17.7 Å². The molecule has 5 nitrogen and oxygen atoms in total.